The Balaban J connectivity index is 4.06. The van der Waals surface area contributed by atoms with E-state index in [1.165, 1.54) is 116 Å². The molecule has 0 unspecified atom stereocenters. The average Bonchev–Trinajstić information content (AvgIpc) is 3.00. The molecule has 0 radical (unpaired) electrons. The Labute approximate surface area is 271 Å². The molecular formula is C36H69NO5S. The minimum Gasteiger partial charge on any atom is -0.466 e. The summed E-state index contributed by atoms with van der Waals surface area (Å²) in [6, 6.07) is -1.00. The summed E-state index contributed by atoms with van der Waals surface area (Å²) in [6.45, 7) is 5.17. The first-order chi connectivity index (χ1) is 21.0. The van der Waals surface area contributed by atoms with Gasteiger partial charge in [0.15, 0.2) is 0 Å². The van der Waals surface area contributed by atoms with Crippen LogP contribution in [-0.2, 0) is 23.9 Å². The van der Waals surface area contributed by atoms with Crippen molar-refractivity contribution in [2.75, 3.05) is 19.0 Å². The third-order valence-electron chi connectivity index (χ3n) is 8.06. The van der Waals surface area contributed by atoms with Gasteiger partial charge in [-0.1, -0.05) is 155 Å². The molecule has 1 amide bonds. The van der Waals surface area contributed by atoms with Crippen LogP contribution in [0.3, 0.4) is 0 Å². The van der Waals surface area contributed by atoms with Crippen LogP contribution >= 0.6 is 12.6 Å². The second kappa shape index (κ2) is 33.6. The lowest BCUT2D eigenvalue weighted by Gasteiger charge is -2.17. The van der Waals surface area contributed by atoms with Crippen molar-refractivity contribution in [3.05, 3.63) is 0 Å². The molecular weight excluding hydrogens is 558 g/mol. The Kier molecular flexibility index (Phi) is 32.7. The van der Waals surface area contributed by atoms with Crippen LogP contribution in [0.1, 0.15) is 187 Å². The summed E-state index contributed by atoms with van der Waals surface area (Å²) in [5.41, 5.74) is 0. The molecule has 0 aliphatic carbocycles. The summed E-state index contributed by atoms with van der Waals surface area (Å²) >= 11 is 4.15. The molecule has 0 heterocycles. The van der Waals surface area contributed by atoms with Gasteiger partial charge in [0.05, 0.1) is 19.6 Å². The zero-order valence-corrected chi connectivity index (χ0v) is 29.2. The molecule has 0 aromatic heterocycles. The van der Waals surface area contributed by atoms with E-state index in [1.54, 1.807) is 0 Å². The molecule has 0 aliphatic rings. The van der Waals surface area contributed by atoms with Gasteiger partial charge in [-0.15, -0.1) is 0 Å². The highest BCUT2D eigenvalue weighted by Gasteiger charge is 2.26. The van der Waals surface area contributed by atoms with Crippen molar-refractivity contribution < 1.29 is 23.9 Å². The lowest BCUT2D eigenvalue weighted by Crippen LogP contribution is -2.43. The van der Waals surface area contributed by atoms with Gasteiger partial charge in [0.2, 0.25) is 5.91 Å². The minimum atomic E-state index is -1.00. The third kappa shape index (κ3) is 30.6. The minimum absolute atomic E-state index is 0.192. The van der Waals surface area contributed by atoms with Gasteiger partial charge < -0.3 is 14.8 Å². The first-order valence-electron chi connectivity index (χ1n) is 18.3. The van der Waals surface area contributed by atoms with Crippen LogP contribution in [0.4, 0.5) is 0 Å². The number of carbonyl (C=O) groups is 3. The maximum absolute atomic E-state index is 12.7. The second-order valence-electron chi connectivity index (χ2n) is 12.3. The van der Waals surface area contributed by atoms with Crippen molar-refractivity contribution in [2.24, 2.45) is 0 Å². The Morgan fingerprint density at radius 1 is 0.535 bits per heavy atom. The maximum Gasteiger partial charge on any atom is 0.329 e. The van der Waals surface area contributed by atoms with Crippen LogP contribution in [0.5, 0.6) is 0 Å². The van der Waals surface area contributed by atoms with Gasteiger partial charge in [0.1, 0.15) is 6.04 Å². The molecule has 0 saturated heterocycles. The summed E-state index contributed by atoms with van der Waals surface area (Å²) in [5.74, 6) is -0.702. The van der Waals surface area contributed by atoms with Crippen molar-refractivity contribution in [3.63, 3.8) is 0 Å². The molecule has 1 N–H and O–H groups in total. The number of unbranched alkanes of at least 4 members (excludes halogenated alkanes) is 22. The van der Waals surface area contributed by atoms with Crippen molar-refractivity contribution in [1.29, 1.82) is 0 Å². The molecule has 254 valence electrons. The molecule has 7 heteroatoms. The van der Waals surface area contributed by atoms with Gasteiger partial charge >= 0.3 is 11.9 Å². The fourth-order valence-electron chi connectivity index (χ4n) is 5.27. The number of rotatable bonds is 33. The zero-order chi connectivity index (χ0) is 31.6. The molecule has 0 aromatic rings. The van der Waals surface area contributed by atoms with E-state index < -0.39 is 18.0 Å². The number of nitrogens with one attached hydrogen (secondary N) is 1. The van der Waals surface area contributed by atoms with E-state index in [2.05, 4.69) is 31.8 Å². The Morgan fingerprint density at radius 2 is 0.907 bits per heavy atom. The summed E-state index contributed by atoms with van der Waals surface area (Å²) in [7, 11) is 0. The van der Waals surface area contributed by atoms with Gasteiger partial charge in [-0.3, -0.25) is 9.59 Å². The second-order valence-corrected chi connectivity index (χ2v) is 12.8. The van der Waals surface area contributed by atoms with Crippen molar-refractivity contribution in [3.8, 4) is 0 Å². The standard InChI is InChI=1S/C36H69NO5S/c1-3-5-7-9-11-13-15-17-19-21-23-25-29-41-35(39)32-33(37-34(38)28-27-31-43)36(40)42-30-26-24-22-20-18-16-14-12-10-8-6-4-2/h33,43H,3-32H2,1-2H3,(H,37,38)/t33-/m0/s1. The molecule has 0 aliphatic heterocycles. The lowest BCUT2D eigenvalue weighted by molar-refractivity contribution is -0.154. The molecule has 6 nitrogen and oxygen atoms in total. The smallest absolute Gasteiger partial charge is 0.329 e. The lowest BCUT2D eigenvalue weighted by atomic mass is 10.1. The summed E-state index contributed by atoms with van der Waals surface area (Å²) in [6.07, 6.45) is 30.5. The predicted molar refractivity (Wildman–Crippen MR) is 184 cm³/mol. The number of ether oxygens (including phenoxy) is 2. The first-order valence-corrected chi connectivity index (χ1v) is 18.9. The molecule has 1 atom stereocenters. The SMILES string of the molecule is CCCCCCCCCCCCCCOC(=O)C[C@H](NC(=O)CCCS)C(=O)OCCCCCCCCCCCCCC. The van der Waals surface area contributed by atoms with Gasteiger partial charge in [-0.05, 0) is 25.0 Å². The molecule has 43 heavy (non-hydrogen) atoms. The Bertz CT molecular complexity index is 645. The van der Waals surface area contributed by atoms with Gasteiger partial charge in [-0.2, -0.15) is 12.6 Å². The van der Waals surface area contributed by atoms with Crippen molar-refractivity contribution in [2.45, 2.75) is 193 Å². The molecule has 0 rings (SSSR count). The van der Waals surface area contributed by atoms with E-state index in [0.29, 0.717) is 25.4 Å². The average molecular weight is 628 g/mol. The highest BCUT2D eigenvalue weighted by molar-refractivity contribution is 7.80. The topological polar surface area (TPSA) is 81.7 Å². The predicted octanol–water partition coefficient (Wildman–Crippen LogP) is 10.1. The van der Waals surface area contributed by atoms with Crippen LogP contribution in [0.15, 0.2) is 0 Å². The molecule has 0 fully saturated rings. The normalized spacial score (nSPS) is 11.8. The molecule has 0 saturated carbocycles. The van der Waals surface area contributed by atoms with Crippen LogP contribution in [0.2, 0.25) is 0 Å². The zero-order valence-electron chi connectivity index (χ0n) is 28.3. The highest BCUT2D eigenvalue weighted by atomic mass is 32.1. The number of hydrogen-bond acceptors (Lipinski definition) is 6. The van der Waals surface area contributed by atoms with Crippen molar-refractivity contribution in [1.82, 2.24) is 5.32 Å². The Hall–Kier alpha value is -1.24. The van der Waals surface area contributed by atoms with E-state index in [4.69, 9.17) is 9.47 Å². The van der Waals surface area contributed by atoms with E-state index in [0.717, 1.165) is 38.5 Å². The highest BCUT2D eigenvalue weighted by Crippen LogP contribution is 2.13. The number of hydrogen-bond donors (Lipinski definition) is 2. The summed E-state index contributed by atoms with van der Waals surface area (Å²) in [4.78, 5) is 37.4. The Morgan fingerprint density at radius 3 is 1.30 bits per heavy atom. The fraction of sp³-hybridized carbons (Fsp3) is 0.917. The van der Waals surface area contributed by atoms with Gasteiger partial charge in [-0.25, -0.2) is 4.79 Å². The largest absolute Gasteiger partial charge is 0.466 e. The maximum atomic E-state index is 12.7. The molecule has 0 spiro atoms. The number of esters is 2. The monoisotopic (exact) mass is 627 g/mol. The van der Waals surface area contributed by atoms with Crippen LogP contribution in [0.25, 0.3) is 0 Å². The van der Waals surface area contributed by atoms with E-state index in [1.807, 2.05) is 0 Å². The molecule has 0 aromatic carbocycles. The number of carbonyl (C=O) groups excluding carboxylic acids is 3. The van der Waals surface area contributed by atoms with Crippen LogP contribution in [0, 0.1) is 0 Å². The first kappa shape index (κ1) is 41.8. The van der Waals surface area contributed by atoms with Crippen molar-refractivity contribution >= 4 is 30.5 Å². The van der Waals surface area contributed by atoms with E-state index >= 15 is 0 Å². The number of thiol groups is 1. The van der Waals surface area contributed by atoms with E-state index in [-0.39, 0.29) is 18.7 Å². The third-order valence-corrected chi connectivity index (χ3v) is 8.37. The van der Waals surface area contributed by atoms with Crippen LogP contribution < -0.4 is 5.32 Å². The fourth-order valence-corrected chi connectivity index (χ4v) is 5.43. The molecule has 0 bridgehead atoms. The summed E-state index contributed by atoms with van der Waals surface area (Å²) in [5, 5.41) is 2.68. The van der Waals surface area contributed by atoms with Gasteiger partial charge in [0.25, 0.3) is 0 Å². The quantitative estimate of drug-likeness (QED) is 0.0430. The van der Waals surface area contributed by atoms with Crippen LogP contribution in [-0.4, -0.2) is 42.9 Å². The van der Waals surface area contributed by atoms with E-state index in [9.17, 15) is 14.4 Å². The van der Waals surface area contributed by atoms with Gasteiger partial charge in [0, 0.05) is 6.42 Å². The summed E-state index contributed by atoms with van der Waals surface area (Å²) < 4.78 is 10.8. The number of amides is 1.